The van der Waals surface area contributed by atoms with Crippen molar-refractivity contribution in [3.63, 3.8) is 0 Å². The molecule has 3 aromatic carbocycles. The van der Waals surface area contributed by atoms with Crippen molar-refractivity contribution in [1.82, 2.24) is 4.57 Å². The van der Waals surface area contributed by atoms with E-state index in [9.17, 15) is 13.2 Å². The van der Waals surface area contributed by atoms with Crippen LogP contribution in [0.4, 0.5) is 5.69 Å². The third-order valence-corrected chi connectivity index (χ3v) is 8.52. The highest BCUT2D eigenvalue weighted by atomic mass is 32.2. The average molecular weight is 547 g/mol. The van der Waals surface area contributed by atoms with Gasteiger partial charge in [-0.15, -0.1) is 11.8 Å². The van der Waals surface area contributed by atoms with Crippen LogP contribution in [0.5, 0.6) is 0 Å². The summed E-state index contributed by atoms with van der Waals surface area (Å²) in [6, 6.07) is 23.1. The van der Waals surface area contributed by atoms with E-state index in [4.69, 9.17) is 0 Å². The average Bonchev–Trinajstić information content (AvgIpc) is 3.16. The van der Waals surface area contributed by atoms with Gasteiger partial charge in [-0.25, -0.2) is 8.42 Å². The van der Waals surface area contributed by atoms with Crippen molar-refractivity contribution in [2.45, 2.75) is 49.8 Å². The van der Waals surface area contributed by atoms with Crippen LogP contribution in [0, 0.1) is 13.8 Å². The summed E-state index contributed by atoms with van der Waals surface area (Å²) < 4.78 is 25.6. The molecule has 198 valence electrons. The highest BCUT2D eigenvalue weighted by Gasteiger charge is 2.21. The lowest BCUT2D eigenvalue weighted by molar-refractivity contribution is 0.102. The van der Waals surface area contributed by atoms with E-state index in [1.807, 2.05) is 32.0 Å². The van der Waals surface area contributed by atoms with Gasteiger partial charge >= 0.3 is 0 Å². The van der Waals surface area contributed by atoms with Crippen molar-refractivity contribution in [2.75, 3.05) is 17.8 Å². The van der Waals surface area contributed by atoms with Crippen LogP contribution in [0.2, 0.25) is 0 Å². The van der Waals surface area contributed by atoms with Gasteiger partial charge in [0, 0.05) is 33.8 Å². The van der Waals surface area contributed by atoms with E-state index in [1.165, 1.54) is 22.6 Å². The molecule has 4 aromatic rings. The van der Waals surface area contributed by atoms with Gasteiger partial charge in [0.05, 0.1) is 16.1 Å². The summed E-state index contributed by atoms with van der Waals surface area (Å²) in [6.45, 7) is 10.6. The molecule has 5 nitrogen and oxygen atoms in total. The van der Waals surface area contributed by atoms with Gasteiger partial charge in [-0.05, 0) is 85.2 Å². The molecule has 1 heterocycles. The number of thioether (sulfide) groups is 1. The van der Waals surface area contributed by atoms with E-state index in [1.54, 1.807) is 23.9 Å². The largest absolute Gasteiger partial charge is 0.322 e. The molecule has 0 radical (unpaired) electrons. The van der Waals surface area contributed by atoms with Crippen LogP contribution in [0.3, 0.4) is 0 Å². The van der Waals surface area contributed by atoms with E-state index >= 15 is 0 Å². The third-order valence-electron chi connectivity index (χ3n) is 6.68. The molecule has 0 saturated heterocycles. The fraction of sp³-hybridized carbons (Fsp3) is 0.258. The summed E-state index contributed by atoms with van der Waals surface area (Å²) in [5.74, 6) is -0.242. The Labute approximate surface area is 230 Å². The van der Waals surface area contributed by atoms with Crippen molar-refractivity contribution >= 4 is 33.2 Å². The number of sulfone groups is 1. The zero-order valence-corrected chi connectivity index (χ0v) is 24.5. The van der Waals surface area contributed by atoms with Crippen molar-refractivity contribution in [1.29, 1.82) is 0 Å². The molecule has 0 bridgehead atoms. The molecule has 38 heavy (non-hydrogen) atoms. The first-order chi connectivity index (χ1) is 17.8. The van der Waals surface area contributed by atoms with Crippen LogP contribution in [0.15, 0.2) is 82.6 Å². The molecule has 1 aromatic heterocycles. The van der Waals surface area contributed by atoms with Crippen molar-refractivity contribution < 1.29 is 13.2 Å². The molecule has 1 N–H and O–H groups in total. The Balaban J connectivity index is 1.74. The molecule has 4 rings (SSSR count). The standard InChI is InChI=1S/C31H34N2O3S2/c1-20-16-28(30(34)32-24-12-14-26(15-13-24)38(7,35)36)21(2)33(20)29-11-9-8-10-27(29)22-17-23(31(3,4)5)19-25(18-22)37-6/h8-19H,1-7H3,(H,32,34). The number of amides is 1. The minimum atomic E-state index is -3.30. The van der Waals surface area contributed by atoms with Crippen molar-refractivity contribution in [2.24, 2.45) is 0 Å². The molecule has 0 spiro atoms. The number of para-hydroxylation sites is 1. The highest BCUT2D eigenvalue weighted by Crippen LogP contribution is 2.36. The van der Waals surface area contributed by atoms with Gasteiger partial charge in [0.25, 0.3) is 5.91 Å². The first kappa shape index (κ1) is 27.7. The number of rotatable bonds is 6. The summed E-state index contributed by atoms with van der Waals surface area (Å²) in [5, 5.41) is 2.91. The Bertz CT molecular complexity index is 1610. The number of nitrogens with one attached hydrogen (secondary N) is 1. The number of carbonyl (C=O) groups is 1. The molecule has 0 atom stereocenters. The predicted octanol–water partition coefficient (Wildman–Crippen LogP) is 7.44. The lowest BCUT2D eigenvalue weighted by Crippen LogP contribution is -2.13. The van der Waals surface area contributed by atoms with Gasteiger partial charge in [-0.2, -0.15) is 0 Å². The molecule has 1 amide bonds. The first-order valence-electron chi connectivity index (χ1n) is 12.4. The number of nitrogens with zero attached hydrogens (tertiary/aromatic N) is 1. The van der Waals surface area contributed by atoms with Crippen LogP contribution in [0.1, 0.15) is 48.1 Å². The zero-order chi connectivity index (χ0) is 27.8. The van der Waals surface area contributed by atoms with Gasteiger partial charge in [-0.1, -0.05) is 45.0 Å². The smallest absolute Gasteiger partial charge is 0.257 e. The van der Waals surface area contributed by atoms with Crippen LogP contribution >= 0.6 is 11.8 Å². The molecule has 0 aliphatic heterocycles. The Morgan fingerprint density at radius 1 is 0.921 bits per heavy atom. The minimum absolute atomic E-state index is 0.0134. The van der Waals surface area contributed by atoms with Crippen LogP contribution in [-0.4, -0.2) is 31.4 Å². The second-order valence-corrected chi connectivity index (χ2v) is 13.5. The monoisotopic (exact) mass is 546 g/mol. The maximum Gasteiger partial charge on any atom is 0.257 e. The van der Waals surface area contributed by atoms with Crippen molar-refractivity contribution in [3.05, 3.63) is 95.3 Å². The van der Waals surface area contributed by atoms with E-state index in [-0.39, 0.29) is 16.2 Å². The zero-order valence-electron chi connectivity index (χ0n) is 22.9. The predicted molar refractivity (Wildman–Crippen MR) is 159 cm³/mol. The summed E-state index contributed by atoms with van der Waals surface area (Å²) in [7, 11) is -3.30. The summed E-state index contributed by atoms with van der Waals surface area (Å²) in [6.07, 6.45) is 3.26. The number of anilines is 1. The molecule has 0 unspecified atom stereocenters. The maximum absolute atomic E-state index is 13.3. The van der Waals surface area contributed by atoms with Gasteiger partial charge in [-0.3, -0.25) is 4.79 Å². The minimum Gasteiger partial charge on any atom is -0.322 e. The molecular formula is C31H34N2O3S2. The van der Waals surface area contributed by atoms with Crippen LogP contribution in [0.25, 0.3) is 16.8 Å². The van der Waals surface area contributed by atoms with E-state index in [0.717, 1.165) is 34.5 Å². The van der Waals surface area contributed by atoms with E-state index < -0.39 is 9.84 Å². The number of hydrogen-bond acceptors (Lipinski definition) is 4. The fourth-order valence-corrected chi connectivity index (χ4v) is 5.69. The van der Waals surface area contributed by atoms with Gasteiger partial charge < -0.3 is 9.88 Å². The van der Waals surface area contributed by atoms with Crippen molar-refractivity contribution in [3.8, 4) is 16.8 Å². The quantitative estimate of drug-likeness (QED) is 0.255. The van der Waals surface area contributed by atoms with E-state index in [2.05, 4.69) is 67.2 Å². The highest BCUT2D eigenvalue weighted by molar-refractivity contribution is 7.98. The Morgan fingerprint density at radius 3 is 2.18 bits per heavy atom. The normalized spacial score (nSPS) is 12.0. The number of benzene rings is 3. The Morgan fingerprint density at radius 2 is 1.58 bits per heavy atom. The first-order valence-corrected chi connectivity index (χ1v) is 15.5. The maximum atomic E-state index is 13.3. The molecule has 0 saturated carbocycles. The summed E-state index contributed by atoms with van der Waals surface area (Å²) in [5.41, 5.74) is 7.42. The molecule has 7 heteroatoms. The number of carbonyl (C=O) groups excluding carboxylic acids is 1. The SMILES string of the molecule is CSc1cc(-c2ccccc2-n2c(C)cc(C(=O)Nc3ccc(S(C)(=O)=O)cc3)c2C)cc(C(C)(C)C)c1. The Kier molecular flexibility index (Phi) is 7.64. The van der Waals surface area contributed by atoms with Gasteiger partial charge in [0.2, 0.25) is 0 Å². The third kappa shape index (κ3) is 5.74. The number of aryl methyl sites for hydroxylation is 1. The molecular weight excluding hydrogens is 512 g/mol. The summed E-state index contributed by atoms with van der Waals surface area (Å²) in [4.78, 5) is 14.7. The lowest BCUT2D eigenvalue weighted by Gasteiger charge is -2.22. The fourth-order valence-electron chi connectivity index (χ4n) is 4.57. The topological polar surface area (TPSA) is 68.2 Å². The lowest BCUT2D eigenvalue weighted by atomic mass is 9.85. The summed E-state index contributed by atoms with van der Waals surface area (Å²) >= 11 is 1.73. The second-order valence-electron chi connectivity index (χ2n) is 10.6. The van der Waals surface area contributed by atoms with E-state index in [0.29, 0.717) is 11.3 Å². The molecule has 0 fully saturated rings. The van der Waals surface area contributed by atoms with Gasteiger partial charge in [0.15, 0.2) is 9.84 Å². The number of hydrogen-bond donors (Lipinski definition) is 1. The van der Waals surface area contributed by atoms with Crippen LogP contribution in [-0.2, 0) is 15.3 Å². The van der Waals surface area contributed by atoms with Gasteiger partial charge in [0.1, 0.15) is 0 Å². The Hall–Kier alpha value is -3.29. The molecule has 0 aliphatic carbocycles. The van der Waals surface area contributed by atoms with Crippen LogP contribution < -0.4 is 5.32 Å². The number of aromatic nitrogens is 1. The second kappa shape index (κ2) is 10.5. The molecule has 0 aliphatic rings.